The summed E-state index contributed by atoms with van der Waals surface area (Å²) in [6.45, 7) is 0. The quantitative estimate of drug-likeness (QED) is 0.418. The Morgan fingerprint density at radius 1 is 1.19 bits per heavy atom. The fourth-order valence-electron chi connectivity index (χ4n) is 3.39. The summed E-state index contributed by atoms with van der Waals surface area (Å²) in [6.07, 6.45) is -1.21. The minimum absolute atomic E-state index is 0.0277. The van der Waals surface area contributed by atoms with Gasteiger partial charge in [0, 0.05) is 29.3 Å². The van der Waals surface area contributed by atoms with Crippen molar-refractivity contribution in [3.63, 3.8) is 0 Å². The molecule has 5 rings (SSSR count). The molecule has 31 heavy (non-hydrogen) atoms. The van der Waals surface area contributed by atoms with E-state index in [0.717, 1.165) is 10.9 Å². The maximum absolute atomic E-state index is 13.1. The number of nitrogens with zero attached hydrogens (tertiary/aromatic N) is 6. The van der Waals surface area contributed by atoms with E-state index in [9.17, 15) is 13.2 Å². The fourth-order valence-corrected chi connectivity index (χ4v) is 3.55. The molecule has 0 amide bonds. The van der Waals surface area contributed by atoms with Crippen molar-refractivity contribution >= 4 is 39.8 Å². The number of rotatable bonds is 2. The summed E-state index contributed by atoms with van der Waals surface area (Å²) in [6, 6.07) is 8.77. The van der Waals surface area contributed by atoms with E-state index >= 15 is 0 Å². The van der Waals surface area contributed by atoms with Crippen molar-refractivity contribution in [2.75, 3.05) is 11.9 Å². The molecule has 3 aromatic heterocycles. The Morgan fingerprint density at radius 3 is 2.74 bits per heavy atom. The summed E-state index contributed by atoms with van der Waals surface area (Å²) in [5.74, 6) is 5.96. The van der Waals surface area contributed by atoms with Crippen molar-refractivity contribution in [2.45, 2.75) is 19.0 Å². The molecular formula is C21H14ClF3N6. The lowest BCUT2D eigenvalue weighted by molar-refractivity contribution is -0.168. The Bertz CT molecular complexity index is 1380. The summed E-state index contributed by atoms with van der Waals surface area (Å²) in [5.41, 5.74) is -0.189. The molecule has 1 saturated carbocycles. The molecule has 156 valence electrons. The largest absolute Gasteiger partial charge is 0.405 e. The van der Waals surface area contributed by atoms with Gasteiger partial charge in [0.05, 0.1) is 5.52 Å². The summed E-state index contributed by atoms with van der Waals surface area (Å²) in [7, 11) is 1.80. The molecule has 0 saturated heterocycles. The maximum Gasteiger partial charge on any atom is 0.405 e. The van der Waals surface area contributed by atoms with Gasteiger partial charge in [-0.25, -0.2) is 4.98 Å². The molecule has 0 radical (unpaired) electrons. The second kappa shape index (κ2) is 6.82. The van der Waals surface area contributed by atoms with Crippen molar-refractivity contribution in [2.24, 2.45) is 5.41 Å². The van der Waals surface area contributed by atoms with Crippen LogP contribution in [0.3, 0.4) is 0 Å². The zero-order valence-corrected chi connectivity index (χ0v) is 16.9. The molecule has 0 atom stereocenters. The van der Waals surface area contributed by atoms with E-state index in [1.54, 1.807) is 46.9 Å². The molecular weight excluding hydrogens is 429 g/mol. The standard InChI is InChI=1S/C21H14ClF3N6/c1-30(15-5-9-26-14(11-15)4-6-20(7-8-20)21(23,24)25)18-16-3-2-13(22)10-17(16)31-12-27-29-19(31)28-18/h2-3,5,9-12H,7-8H2,1H3. The topological polar surface area (TPSA) is 59.2 Å². The molecule has 4 aromatic rings. The van der Waals surface area contributed by atoms with Gasteiger partial charge in [0.15, 0.2) is 0 Å². The van der Waals surface area contributed by atoms with Gasteiger partial charge in [-0.15, -0.1) is 10.2 Å². The number of alkyl halides is 3. The van der Waals surface area contributed by atoms with Crippen LogP contribution < -0.4 is 4.90 Å². The second-order valence-electron chi connectivity index (χ2n) is 7.39. The number of hydrogen-bond donors (Lipinski definition) is 0. The zero-order valence-electron chi connectivity index (χ0n) is 16.2. The van der Waals surface area contributed by atoms with Crippen LogP contribution in [-0.4, -0.2) is 37.8 Å². The number of anilines is 2. The van der Waals surface area contributed by atoms with Gasteiger partial charge in [0.25, 0.3) is 5.78 Å². The third-order valence-corrected chi connectivity index (χ3v) is 5.60. The lowest BCUT2D eigenvalue weighted by Crippen LogP contribution is -2.22. The SMILES string of the molecule is CN(c1ccnc(C#CC2(C(F)(F)F)CC2)c1)c1nc2nncn2c2cc(Cl)ccc12. The van der Waals surface area contributed by atoms with Crippen LogP contribution in [0.25, 0.3) is 16.7 Å². The highest BCUT2D eigenvalue weighted by Gasteiger charge is 2.62. The highest BCUT2D eigenvalue weighted by Crippen LogP contribution is 2.57. The monoisotopic (exact) mass is 442 g/mol. The number of pyridine rings is 1. The Morgan fingerprint density at radius 2 is 2.00 bits per heavy atom. The number of benzene rings is 1. The Hall–Kier alpha value is -3.38. The van der Waals surface area contributed by atoms with Crippen LogP contribution >= 0.6 is 11.6 Å². The van der Waals surface area contributed by atoms with Crippen LogP contribution in [0.15, 0.2) is 42.9 Å². The van der Waals surface area contributed by atoms with Crippen molar-refractivity contribution in [1.82, 2.24) is 24.6 Å². The molecule has 6 nitrogen and oxygen atoms in total. The normalized spacial score (nSPS) is 15.0. The Balaban J connectivity index is 1.56. The predicted octanol–water partition coefficient (Wildman–Crippen LogP) is 4.79. The van der Waals surface area contributed by atoms with E-state index in [2.05, 4.69) is 32.0 Å². The highest BCUT2D eigenvalue weighted by molar-refractivity contribution is 6.31. The first kappa shape index (κ1) is 19.6. The lowest BCUT2D eigenvalue weighted by Gasteiger charge is -2.20. The van der Waals surface area contributed by atoms with Crippen LogP contribution in [0.5, 0.6) is 0 Å². The lowest BCUT2D eigenvalue weighted by atomic mass is 10.1. The van der Waals surface area contributed by atoms with Crippen molar-refractivity contribution in [3.8, 4) is 11.8 Å². The highest BCUT2D eigenvalue weighted by atomic mass is 35.5. The van der Waals surface area contributed by atoms with E-state index < -0.39 is 11.6 Å². The van der Waals surface area contributed by atoms with Gasteiger partial charge in [-0.05, 0) is 49.1 Å². The maximum atomic E-state index is 13.1. The first-order chi connectivity index (χ1) is 14.8. The number of halogens is 4. The van der Waals surface area contributed by atoms with E-state index in [4.69, 9.17) is 11.6 Å². The molecule has 0 aliphatic heterocycles. The third kappa shape index (κ3) is 3.33. The molecule has 0 bridgehead atoms. The first-order valence-electron chi connectivity index (χ1n) is 9.36. The smallest absolute Gasteiger partial charge is 0.329 e. The predicted molar refractivity (Wildman–Crippen MR) is 110 cm³/mol. The average Bonchev–Trinajstić information content (AvgIpc) is 3.41. The van der Waals surface area contributed by atoms with Crippen LogP contribution in [0, 0.1) is 17.3 Å². The van der Waals surface area contributed by atoms with Gasteiger partial charge < -0.3 is 4.90 Å². The minimum atomic E-state index is -4.33. The van der Waals surface area contributed by atoms with E-state index in [1.807, 2.05) is 6.07 Å². The van der Waals surface area contributed by atoms with Crippen molar-refractivity contribution in [1.29, 1.82) is 0 Å². The van der Waals surface area contributed by atoms with Gasteiger partial charge in [-0.1, -0.05) is 17.5 Å². The van der Waals surface area contributed by atoms with Gasteiger partial charge in [0.1, 0.15) is 23.3 Å². The van der Waals surface area contributed by atoms with E-state index in [0.29, 0.717) is 22.3 Å². The molecule has 1 aromatic carbocycles. The van der Waals surface area contributed by atoms with Crippen LogP contribution in [-0.2, 0) is 0 Å². The van der Waals surface area contributed by atoms with Crippen molar-refractivity contribution < 1.29 is 13.2 Å². The van der Waals surface area contributed by atoms with Gasteiger partial charge in [0.2, 0.25) is 0 Å². The average molecular weight is 443 g/mol. The number of hydrogen-bond acceptors (Lipinski definition) is 5. The summed E-state index contributed by atoms with van der Waals surface area (Å²) >= 11 is 6.17. The van der Waals surface area contributed by atoms with Crippen LogP contribution in [0.2, 0.25) is 5.02 Å². The number of fused-ring (bicyclic) bond motifs is 3. The van der Waals surface area contributed by atoms with Crippen LogP contribution in [0.4, 0.5) is 24.7 Å². The zero-order chi connectivity index (χ0) is 21.8. The van der Waals surface area contributed by atoms with Crippen molar-refractivity contribution in [3.05, 3.63) is 53.6 Å². The minimum Gasteiger partial charge on any atom is -0.329 e. The Kier molecular flexibility index (Phi) is 4.31. The fraction of sp³-hybridized carbons (Fsp3) is 0.238. The molecule has 0 unspecified atom stereocenters. The Labute approximate surface area is 179 Å². The molecule has 0 N–H and O–H groups in total. The second-order valence-corrected chi connectivity index (χ2v) is 7.82. The molecule has 1 aliphatic rings. The third-order valence-electron chi connectivity index (χ3n) is 5.37. The van der Waals surface area contributed by atoms with Gasteiger partial charge in [-0.2, -0.15) is 18.2 Å². The molecule has 0 spiro atoms. The molecule has 1 aliphatic carbocycles. The van der Waals surface area contributed by atoms with Gasteiger partial charge in [-0.3, -0.25) is 4.40 Å². The summed E-state index contributed by atoms with van der Waals surface area (Å²) in [4.78, 5) is 10.5. The summed E-state index contributed by atoms with van der Waals surface area (Å²) < 4.78 is 41.2. The first-order valence-corrected chi connectivity index (χ1v) is 9.74. The molecule has 3 heterocycles. The van der Waals surface area contributed by atoms with Gasteiger partial charge >= 0.3 is 6.18 Å². The van der Waals surface area contributed by atoms with Crippen LogP contribution in [0.1, 0.15) is 18.5 Å². The number of aromatic nitrogens is 5. The van der Waals surface area contributed by atoms with E-state index in [-0.39, 0.29) is 18.5 Å². The summed E-state index contributed by atoms with van der Waals surface area (Å²) in [5, 5.41) is 9.30. The molecule has 10 heteroatoms. The van der Waals surface area contributed by atoms with E-state index in [1.165, 1.54) is 6.20 Å². The molecule has 1 fully saturated rings.